The summed E-state index contributed by atoms with van der Waals surface area (Å²) >= 11 is 0. The smallest absolute Gasteiger partial charge is 0.0931 e. The summed E-state index contributed by atoms with van der Waals surface area (Å²) in [7, 11) is 0. The average molecular weight is 445 g/mol. The summed E-state index contributed by atoms with van der Waals surface area (Å²) in [4.78, 5) is 4.57. The molecule has 3 heterocycles. The molecule has 33 heavy (non-hydrogen) atoms. The number of benzene rings is 1. The van der Waals surface area contributed by atoms with Gasteiger partial charge in [-0.3, -0.25) is 4.98 Å². The van der Waals surface area contributed by atoms with Gasteiger partial charge in [0.1, 0.15) is 0 Å². The first-order valence-electron chi connectivity index (χ1n) is 12.1. The first-order valence-corrected chi connectivity index (χ1v) is 12.1. The first-order chi connectivity index (χ1) is 15.9. The molecule has 1 saturated heterocycles. The van der Waals surface area contributed by atoms with Gasteiger partial charge >= 0.3 is 0 Å². The Labute approximate surface area is 197 Å². The van der Waals surface area contributed by atoms with Gasteiger partial charge in [-0.2, -0.15) is 0 Å². The minimum Gasteiger partial charge on any atom is -0.381 e. The van der Waals surface area contributed by atoms with Gasteiger partial charge in [0.25, 0.3) is 0 Å². The van der Waals surface area contributed by atoms with E-state index in [0.29, 0.717) is 12.6 Å². The molecule has 5 heteroatoms. The number of rotatable bonds is 6. The summed E-state index contributed by atoms with van der Waals surface area (Å²) in [5.41, 5.74) is 5.77. The molecular formula is C28H36N4O. The molecule has 0 atom stereocenters. The molecule has 1 aromatic carbocycles. The van der Waals surface area contributed by atoms with Gasteiger partial charge in [0.15, 0.2) is 0 Å². The number of hydrogen-bond donors (Lipinski definition) is 2. The molecule has 3 aromatic rings. The van der Waals surface area contributed by atoms with Crippen molar-refractivity contribution >= 4 is 16.6 Å². The van der Waals surface area contributed by atoms with Crippen molar-refractivity contribution in [1.82, 2.24) is 14.9 Å². The van der Waals surface area contributed by atoms with Crippen molar-refractivity contribution in [3.05, 3.63) is 59.5 Å². The van der Waals surface area contributed by atoms with E-state index in [0.717, 1.165) is 56.2 Å². The van der Waals surface area contributed by atoms with Crippen LogP contribution in [-0.2, 0) is 23.2 Å². The Balaban J connectivity index is 1.40. The van der Waals surface area contributed by atoms with Crippen LogP contribution in [-0.4, -0.2) is 35.4 Å². The summed E-state index contributed by atoms with van der Waals surface area (Å²) in [6.45, 7) is 12.8. The zero-order valence-electron chi connectivity index (χ0n) is 20.4. The largest absolute Gasteiger partial charge is 0.381 e. The van der Waals surface area contributed by atoms with Crippen molar-refractivity contribution in [3.63, 3.8) is 0 Å². The van der Waals surface area contributed by atoms with Crippen LogP contribution in [0, 0.1) is 11.8 Å². The molecule has 1 fully saturated rings. The van der Waals surface area contributed by atoms with Crippen LogP contribution in [0.3, 0.4) is 0 Å². The molecule has 1 aliphatic heterocycles. The zero-order chi connectivity index (χ0) is 23.3. The van der Waals surface area contributed by atoms with Gasteiger partial charge in [0, 0.05) is 54.4 Å². The SMILES string of the molecule is CCn1c(C#CCNc2ccc(C(C)(C)C)nc2)cc2cc(CNC3CCOCC3)ccc21. The van der Waals surface area contributed by atoms with Gasteiger partial charge in [-0.25, -0.2) is 0 Å². The highest BCUT2D eigenvalue weighted by molar-refractivity contribution is 5.83. The molecule has 4 rings (SSSR count). The fourth-order valence-electron chi connectivity index (χ4n) is 4.26. The second-order valence-electron chi connectivity index (χ2n) is 9.77. The molecule has 5 nitrogen and oxygen atoms in total. The Morgan fingerprint density at radius 1 is 1.12 bits per heavy atom. The molecule has 0 radical (unpaired) electrons. The standard InChI is InChI=1S/C28H36N4O/c1-5-32-25(7-6-14-29-24-9-11-27(31-20-24)28(2,3)4)18-22-17-21(8-10-26(22)32)19-30-23-12-15-33-16-13-23/h8-11,17-18,20,23,29-30H,5,12-16,19H2,1-4H3. The van der Waals surface area contributed by atoms with Crippen LogP contribution < -0.4 is 10.6 Å². The van der Waals surface area contributed by atoms with Crippen LogP contribution in [0.4, 0.5) is 5.69 Å². The number of fused-ring (bicyclic) bond motifs is 1. The number of nitrogens with one attached hydrogen (secondary N) is 2. The van der Waals surface area contributed by atoms with E-state index in [1.807, 2.05) is 6.20 Å². The summed E-state index contributed by atoms with van der Waals surface area (Å²) < 4.78 is 7.75. The third-order valence-electron chi connectivity index (χ3n) is 6.23. The Kier molecular flexibility index (Phi) is 7.37. The normalized spacial score (nSPS) is 14.8. The second kappa shape index (κ2) is 10.4. The molecule has 0 bridgehead atoms. The summed E-state index contributed by atoms with van der Waals surface area (Å²) in [5.74, 6) is 6.64. The minimum atomic E-state index is 0.0622. The lowest BCUT2D eigenvalue weighted by Gasteiger charge is -2.23. The molecule has 2 aromatic heterocycles. The minimum absolute atomic E-state index is 0.0622. The van der Waals surface area contributed by atoms with Crippen molar-refractivity contribution in [1.29, 1.82) is 0 Å². The van der Waals surface area contributed by atoms with E-state index in [1.54, 1.807) is 0 Å². The molecule has 0 spiro atoms. The van der Waals surface area contributed by atoms with E-state index in [4.69, 9.17) is 4.74 Å². The first kappa shape index (κ1) is 23.4. The number of anilines is 1. The van der Waals surface area contributed by atoms with Crippen LogP contribution in [0.25, 0.3) is 10.9 Å². The van der Waals surface area contributed by atoms with Gasteiger partial charge in [0.2, 0.25) is 0 Å². The second-order valence-corrected chi connectivity index (χ2v) is 9.77. The van der Waals surface area contributed by atoms with E-state index in [-0.39, 0.29) is 5.41 Å². The monoisotopic (exact) mass is 444 g/mol. The van der Waals surface area contributed by atoms with E-state index in [9.17, 15) is 0 Å². The average Bonchev–Trinajstić information content (AvgIpc) is 3.17. The molecule has 2 N–H and O–H groups in total. The topological polar surface area (TPSA) is 51.1 Å². The van der Waals surface area contributed by atoms with E-state index >= 15 is 0 Å². The lowest BCUT2D eigenvalue weighted by atomic mass is 9.92. The molecule has 1 aliphatic rings. The molecule has 0 amide bonds. The van der Waals surface area contributed by atoms with Gasteiger partial charge < -0.3 is 19.9 Å². The third-order valence-corrected chi connectivity index (χ3v) is 6.23. The van der Waals surface area contributed by atoms with Crippen molar-refractivity contribution in [2.24, 2.45) is 0 Å². The zero-order valence-corrected chi connectivity index (χ0v) is 20.4. The maximum absolute atomic E-state index is 5.46. The van der Waals surface area contributed by atoms with E-state index in [1.165, 1.54) is 16.5 Å². The fraction of sp³-hybridized carbons (Fsp3) is 0.464. The summed E-state index contributed by atoms with van der Waals surface area (Å²) in [5, 5.41) is 8.29. The quantitative estimate of drug-likeness (QED) is 0.520. The van der Waals surface area contributed by atoms with Gasteiger partial charge in [0.05, 0.1) is 24.1 Å². The maximum Gasteiger partial charge on any atom is 0.0931 e. The Morgan fingerprint density at radius 3 is 2.64 bits per heavy atom. The molecule has 0 unspecified atom stereocenters. The lowest BCUT2D eigenvalue weighted by molar-refractivity contribution is 0.0776. The maximum atomic E-state index is 5.46. The van der Waals surface area contributed by atoms with Crippen LogP contribution in [0.1, 0.15) is 57.5 Å². The highest BCUT2D eigenvalue weighted by Crippen LogP contribution is 2.22. The van der Waals surface area contributed by atoms with Crippen molar-refractivity contribution < 1.29 is 4.74 Å². The third kappa shape index (κ3) is 5.96. The Hall–Kier alpha value is -2.81. The summed E-state index contributed by atoms with van der Waals surface area (Å²) in [6, 6.07) is 13.7. The predicted octanol–water partition coefficient (Wildman–Crippen LogP) is 5.09. The molecule has 174 valence electrons. The number of nitrogens with zero attached hydrogens (tertiary/aromatic N) is 2. The van der Waals surface area contributed by atoms with Gasteiger partial charge in [-0.15, -0.1) is 0 Å². The highest BCUT2D eigenvalue weighted by atomic mass is 16.5. The number of aromatic nitrogens is 2. The van der Waals surface area contributed by atoms with Crippen molar-refractivity contribution in [2.75, 3.05) is 25.1 Å². The number of ether oxygens (including phenoxy) is 1. The predicted molar refractivity (Wildman–Crippen MR) is 137 cm³/mol. The van der Waals surface area contributed by atoms with E-state index in [2.05, 4.69) is 96.1 Å². The van der Waals surface area contributed by atoms with Crippen LogP contribution in [0.15, 0.2) is 42.6 Å². The van der Waals surface area contributed by atoms with Crippen LogP contribution >= 0.6 is 0 Å². The summed E-state index contributed by atoms with van der Waals surface area (Å²) in [6.07, 6.45) is 4.08. The van der Waals surface area contributed by atoms with Crippen LogP contribution in [0.5, 0.6) is 0 Å². The fourth-order valence-corrected chi connectivity index (χ4v) is 4.26. The van der Waals surface area contributed by atoms with Gasteiger partial charge in [-0.1, -0.05) is 32.8 Å². The van der Waals surface area contributed by atoms with Crippen molar-refractivity contribution in [2.45, 2.75) is 65.1 Å². The highest BCUT2D eigenvalue weighted by Gasteiger charge is 2.15. The molecule has 0 aliphatic carbocycles. The molecular weight excluding hydrogens is 408 g/mol. The number of hydrogen-bond acceptors (Lipinski definition) is 4. The van der Waals surface area contributed by atoms with Crippen LogP contribution in [0.2, 0.25) is 0 Å². The van der Waals surface area contributed by atoms with E-state index < -0.39 is 0 Å². The number of aryl methyl sites for hydroxylation is 1. The van der Waals surface area contributed by atoms with Crippen molar-refractivity contribution in [3.8, 4) is 11.8 Å². The Bertz CT molecular complexity index is 1120. The number of pyridine rings is 1. The Morgan fingerprint density at radius 2 is 1.94 bits per heavy atom. The van der Waals surface area contributed by atoms with Gasteiger partial charge in [-0.05, 0) is 61.6 Å². The molecule has 0 saturated carbocycles. The lowest BCUT2D eigenvalue weighted by Crippen LogP contribution is -2.34.